The molecule has 0 saturated carbocycles. The van der Waals surface area contributed by atoms with Crippen LogP contribution < -0.4 is 27.0 Å². The number of nitrogens with two attached hydrogens (primary N) is 1. The summed E-state index contributed by atoms with van der Waals surface area (Å²) in [5.74, 6) is -3.86. The van der Waals surface area contributed by atoms with E-state index in [1.54, 1.807) is 13.1 Å². The highest BCUT2D eigenvalue weighted by molar-refractivity contribution is 5.96. The molecule has 4 amide bonds. The van der Waals surface area contributed by atoms with Crippen molar-refractivity contribution in [2.75, 3.05) is 72.5 Å². The van der Waals surface area contributed by atoms with Gasteiger partial charge in [0.2, 0.25) is 23.6 Å². The average molecular weight is 770 g/mol. The van der Waals surface area contributed by atoms with E-state index in [1.165, 1.54) is 20.2 Å². The van der Waals surface area contributed by atoms with Crippen LogP contribution >= 0.6 is 0 Å². The number of aromatic nitrogens is 2. The minimum absolute atomic E-state index is 0.0446. The summed E-state index contributed by atoms with van der Waals surface area (Å²) in [7, 11) is 0. The number of unbranched alkanes of at least 4 members (excludes halogenated alkanes) is 1. The highest BCUT2D eigenvalue weighted by atomic mass is 16.5. The number of nitrogens with one attached hydrogen (secondary N) is 5. The summed E-state index contributed by atoms with van der Waals surface area (Å²) in [6, 6.07) is -0.935. The van der Waals surface area contributed by atoms with Crippen LogP contribution in [0, 0.1) is 5.92 Å². The Morgan fingerprint density at radius 2 is 1.39 bits per heavy atom. The van der Waals surface area contributed by atoms with Crippen molar-refractivity contribution in [2.24, 2.45) is 11.7 Å². The van der Waals surface area contributed by atoms with Crippen LogP contribution in [0.15, 0.2) is 12.5 Å². The zero-order valence-corrected chi connectivity index (χ0v) is 31.7. The summed E-state index contributed by atoms with van der Waals surface area (Å²) in [5.41, 5.74) is 5.33. The third-order valence-electron chi connectivity index (χ3n) is 7.91. The predicted octanol–water partition coefficient (Wildman–Crippen LogP) is -0.821. The monoisotopic (exact) mass is 769 g/mol. The average Bonchev–Trinajstić information content (AvgIpc) is 3.64. The second kappa shape index (κ2) is 28.2. The Morgan fingerprint density at radius 1 is 0.815 bits per heavy atom. The summed E-state index contributed by atoms with van der Waals surface area (Å²) in [6.45, 7) is 7.01. The third kappa shape index (κ3) is 23.4. The molecule has 0 spiro atoms. The summed E-state index contributed by atoms with van der Waals surface area (Å²) in [6.07, 6.45) is 4.11. The fourth-order valence-corrected chi connectivity index (χ4v) is 4.75. The van der Waals surface area contributed by atoms with E-state index in [1.807, 2.05) is 0 Å². The molecular formula is C35H59N7O12. The molecule has 1 heterocycles. The lowest BCUT2D eigenvalue weighted by molar-refractivity contribution is -0.139. The Labute approximate surface area is 315 Å². The van der Waals surface area contributed by atoms with Gasteiger partial charge in [0, 0.05) is 63.1 Å². The Kier molecular flexibility index (Phi) is 24.9. The minimum atomic E-state index is -1.33. The Hall–Kier alpha value is -4.30. The number of aliphatic carboxylic acids is 1. The molecule has 0 aliphatic carbocycles. The van der Waals surface area contributed by atoms with Gasteiger partial charge in [-0.3, -0.25) is 33.6 Å². The number of Topliss-reactive ketones (excluding diaryl/α,β-unsaturated/α-hetero) is 2. The van der Waals surface area contributed by atoms with E-state index in [4.69, 9.17) is 29.8 Å². The fourth-order valence-electron chi connectivity index (χ4n) is 4.75. The minimum Gasteiger partial charge on any atom is -0.481 e. The summed E-state index contributed by atoms with van der Waals surface area (Å²) >= 11 is 0. The Morgan fingerprint density at radius 3 is 1.94 bits per heavy atom. The SMILES string of the molecule is CCC(=O)NCCOCCOCC(=O)NCCOCCOCC(=O)NCCCC[C@H](CC(=O)C(C)(C)NC(=O)[C@@H](N)Cc1cnc[nH]1)C(=O)CCC(=O)O. The van der Waals surface area contributed by atoms with Crippen LogP contribution in [0.2, 0.25) is 0 Å². The normalized spacial score (nSPS) is 12.4. The topological polar surface area (TPSA) is 279 Å². The van der Waals surface area contributed by atoms with E-state index in [2.05, 4.69) is 31.2 Å². The first-order valence-electron chi connectivity index (χ1n) is 18.2. The van der Waals surface area contributed by atoms with Crippen LogP contribution in [0.1, 0.15) is 71.4 Å². The van der Waals surface area contributed by atoms with Gasteiger partial charge in [-0.05, 0) is 26.7 Å². The standard InChI is InChI=1S/C35H59N7O12/c1-4-30(45)39-11-13-51-15-18-54-23-32(47)40-12-14-52-16-17-53-22-31(46)38-10-6-5-7-25(28(43)8-9-33(48)49)19-29(44)35(2,3)42-34(50)27(36)20-26-21-37-24-41-26/h21,24-25,27H,4-20,22-23,36H2,1-3H3,(H,37,41)(H,38,46)(H,39,45)(H,40,47)(H,42,50)(H,48,49)/t25-,27+/m1/s1. The smallest absolute Gasteiger partial charge is 0.303 e. The lowest BCUT2D eigenvalue weighted by Crippen LogP contribution is -2.55. The highest BCUT2D eigenvalue weighted by Gasteiger charge is 2.34. The second-order valence-corrected chi connectivity index (χ2v) is 12.9. The van der Waals surface area contributed by atoms with Gasteiger partial charge < -0.3 is 56.0 Å². The van der Waals surface area contributed by atoms with Crippen molar-refractivity contribution in [2.45, 2.75) is 83.7 Å². The van der Waals surface area contributed by atoms with Gasteiger partial charge in [0.1, 0.15) is 19.0 Å². The van der Waals surface area contributed by atoms with Crippen molar-refractivity contribution in [1.29, 1.82) is 0 Å². The molecule has 2 atom stereocenters. The molecule has 0 aliphatic heterocycles. The van der Waals surface area contributed by atoms with Crippen molar-refractivity contribution in [3.05, 3.63) is 18.2 Å². The van der Waals surface area contributed by atoms with Gasteiger partial charge in [0.25, 0.3) is 0 Å². The fraction of sp³-hybridized carbons (Fsp3) is 0.714. The van der Waals surface area contributed by atoms with E-state index in [0.717, 1.165) is 0 Å². The van der Waals surface area contributed by atoms with Crippen molar-refractivity contribution in [3.63, 3.8) is 0 Å². The van der Waals surface area contributed by atoms with Gasteiger partial charge in [-0.15, -0.1) is 0 Å². The molecule has 1 aromatic rings. The van der Waals surface area contributed by atoms with Crippen LogP contribution in [0.3, 0.4) is 0 Å². The number of hydrogen-bond donors (Lipinski definition) is 7. The number of carboxylic acids is 1. The number of ether oxygens (including phenoxy) is 4. The molecule has 0 saturated heterocycles. The quantitative estimate of drug-likeness (QED) is 0.0431. The molecule has 1 aromatic heterocycles. The molecule has 0 aliphatic rings. The number of amides is 4. The van der Waals surface area contributed by atoms with Crippen molar-refractivity contribution >= 4 is 41.2 Å². The number of imidazole rings is 1. The Bertz CT molecular complexity index is 1290. The maximum absolute atomic E-state index is 13.2. The summed E-state index contributed by atoms with van der Waals surface area (Å²) < 4.78 is 21.2. The molecule has 0 bridgehead atoms. The van der Waals surface area contributed by atoms with Crippen molar-refractivity contribution < 1.29 is 57.6 Å². The van der Waals surface area contributed by atoms with E-state index >= 15 is 0 Å². The molecule has 8 N–H and O–H groups in total. The van der Waals surface area contributed by atoms with Crippen LogP contribution in [-0.4, -0.2) is 140 Å². The summed E-state index contributed by atoms with van der Waals surface area (Å²) in [4.78, 5) is 91.7. The summed E-state index contributed by atoms with van der Waals surface area (Å²) in [5, 5.41) is 19.7. The molecule has 19 heteroatoms. The van der Waals surface area contributed by atoms with E-state index in [0.29, 0.717) is 57.7 Å². The van der Waals surface area contributed by atoms with Crippen LogP contribution in [0.4, 0.5) is 0 Å². The van der Waals surface area contributed by atoms with E-state index in [9.17, 15) is 33.6 Å². The number of nitrogens with zero attached hydrogens (tertiary/aromatic N) is 1. The molecule has 54 heavy (non-hydrogen) atoms. The number of rotatable bonds is 33. The number of hydrogen-bond acceptors (Lipinski definition) is 13. The Balaban J connectivity index is 2.23. The molecule has 306 valence electrons. The van der Waals surface area contributed by atoms with Crippen LogP contribution in [-0.2, 0) is 58.9 Å². The maximum Gasteiger partial charge on any atom is 0.303 e. The number of carbonyl (C=O) groups excluding carboxylic acids is 6. The van der Waals surface area contributed by atoms with E-state index < -0.39 is 35.2 Å². The van der Waals surface area contributed by atoms with Gasteiger partial charge >= 0.3 is 5.97 Å². The maximum atomic E-state index is 13.2. The molecule has 19 nitrogen and oxygen atoms in total. The first-order chi connectivity index (χ1) is 25.7. The third-order valence-corrected chi connectivity index (χ3v) is 7.91. The first-order valence-corrected chi connectivity index (χ1v) is 18.2. The largest absolute Gasteiger partial charge is 0.481 e. The molecule has 0 fully saturated rings. The number of aromatic amines is 1. The second-order valence-electron chi connectivity index (χ2n) is 12.9. The van der Waals surface area contributed by atoms with E-state index in [-0.39, 0.29) is 95.4 Å². The van der Waals surface area contributed by atoms with Gasteiger partial charge in [0.05, 0.1) is 64.0 Å². The molecule has 0 radical (unpaired) electrons. The number of carbonyl (C=O) groups is 7. The first kappa shape index (κ1) is 47.7. The van der Waals surface area contributed by atoms with Crippen LogP contribution in [0.5, 0.6) is 0 Å². The number of carboxylic acid groups (broad SMARTS) is 1. The zero-order chi connectivity index (χ0) is 40.2. The highest BCUT2D eigenvalue weighted by Crippen LogP contribution is 2.21. The molecule has 0 unspecified atom stereocenters. The zero-order valence-electron chi connectivity index (χ0n) is 31.7. The number of H-pyrrole nitrogens is 1. The molecular weight excluding hydrogens is 710 g/mol. The van der Waals surface area contributed by atoms with Gasteiger partial charge in [-0.2, -0.15) is 0 Å². The van der Waals surface area contributed by atoms with Gasteiger partial charge in [-0.25, -0.2) is 4.98 Å². The van der Waals surface area contributed by atoms with Crippen molar-refractivity contribution in [3.8, 4) is 0 Å². The van der Waals surface area contributed by atoms with Gasteiger partial charge in [0.15, 0.2) is 5.78 Å². The van der Waals surface area contributed by atoms with Crippen molar-refractivity contribution in [1.82, 2.24) is 31.2 Å². The molecule has 0 aromatic carbocycles. The predicted molar refractivity (Wildman–Crippen MR) is 194 cm³/mol. The van der Waals surface area contributed by atoms with Crippen LogP contribution in [0.25, 0.3) is 0 Å². The lowest BCUT2D eigenvalue weighted by Gasteiger charge is -2.28. The van der Waals surface area contributed by atoms with Gasteiger partial charge in [-0.1, -0.05) is 13.3 Å². The lowest BCUT2D eigenvalue weighted by atomic mass is 9.84. The molecule has 1 rings (SSSR count). The number of ketones is 2.